The highest BCUT2D eigenvalue weighted by molar-refractivity contribution is 5.42. The Morgan fingerprint density at radius 3 is 1.89 bits per heavy atom. The Labute approximate surface area is 56.3 Å². The van der Waals surface area contributed by atoms with Gasteiger partial charge in [-0.15, -0.1) is 0 Å². The van der Waals surface area contributed by atoms with Gasteiger partial charge in [0.1, 0.15) is 0 Å². The van der Waals surface area contributed by atoms with Gasteiger partial charge in [-0.25, -0.2) is 0 Å². The van der Waals surface area contributed by atoms with Gasteiger partial charge < -0.3 is 0 Å². The predicted molar refractivity (Wildman–Crippen MR) is 39.3 cm³/mol. The van der Waals surface area contributed by atoms with Gasteiger partial charge in [0.25, 0.3) is 0 Å². The Morgan fingerprint density at radius 2 is 1.78 bits per heavy atom. The summed E-state index contributed by atoms with van der Waals surface area (Å²) in [7, 11) is 0. The van der Waals surface area contributed by atoms with Crippen LogP contribution in [0.15, 0.2) is 23.3 Å². The van der Waals surface area contributed by atoms with E-state index in [-0.39, 0.29) is 0 Å². The Morgan fingerprint density at radius 1 is 1.00 bits per heavy atom. The number of hydrogen-bond donors (Lipinski definition) is 0. The van der Waals surface area contributed by atoms with Crippen LogP contribution >= 0.6 is 0 Å². The minimum Gasteiger partial charge on any atom is -0.0955 e. The third-order valence-electron chi connectivity index (χ3n) is 2.49. The molecular formula is C9H12. The summed E-state index contributed by atoms with van der Waals surface area (Å²) in [5.74, 6) is 0. The van der Waals surface area contributed by atoms with Crippen LogP contribution in [0.25, 0.3) is 0 Å². The predicted octanol–water partition coefficient (Wildman–Crippen LogP) is 2.82. The average Bonchev–Trinajstić information content (AvgIpc) is 1.74. The molecule has 2 saturated carbocycles. The zero-order valence-corrected chi connectivity index (χ0v) is 5.74. The maximum absolute atomic E-state index is 3.99. The maximum Gasteiger partial charge on any atom is -0.0236 e. The van der Waals surface area contributed by atoms with Crippen molar-refractivity contribution in [2.45, 2.75) is 32.1 Å². The van der Waals surface area contributed by atoms with E-state index >= 15 is 0 Å². The summed E-state index contributed by atoms with van der Waals surface area (Å²) >= 11 is 0. The number of allylic oxidation sites excluding steroid dienone is 3. The van der Waals surface area contributed by atoms with Crippen molar-refractivity contribution in [2.75, 3.05) is 0 Å². The summed E-state index contributed by atoms with van der Waals surface area (Å²) in [6, 6.07) is 0. The van der Waals surface area contributed by atoms with Gasteiger partial charge >= 0.3 is 0 Å². The van der Waals surface area contributed by atoms with E-state index in [2.05, 4.69) is 6.58 Å². The zero-order valence-electron chi connectivity index (χ0n) is 5.74. The molecule has 0 aromatic rings. The largest absolute Gasteiger partial charge is 0.0955 e. The molecule has 0 heteroatoms. The van der Waals surface area contributed by atoms with Crippen molar-refractivity contribution in [2.24, 2.45) is 0 Å². The Kier molecular flexibility index (Phi) is 1.01. The quantitative estimate of drug-likeness (QED) is 0.461. The molecule has 0 saturated heterocycles. The summed E-state index contributed by atoms with van der Waals surface area (Å²) in [5.41, 5.74) is 4.76. The Balaban J connectivity index is 2.19. The van der Waals surface area contributed by atoms with Crippen LogP contribution in [-0.4, -0.2) is 0 Å². The van der Waals surface area contributed by atoms with E-state index in [4.69, 9.17) is 0 Å². The van der Waals surface area contributed by atoms with E-state index in [0.29, 0.717) is 0 Å². The second kappa shape index (κ2) is 1.73. The minimum absolute atomic E-state index is 1.26. The average molecular weight is 120 g/mol. The van der Waals surface area contributed by atoms with Crippen LogP contribution < -0.4 is 0 Å². The monoisotopic (exact) mass is 120 g/mol. The molecule has 0 N–H and O–H groups in total. The molecule has 0 aromatic carbocycles. The Bertz CT molecular complexity index is 178. The molecule has 0 spiro atoms. The second-order valence-electron chi connectivity index (χ2n) is 3.04. The molecule has 2 rings (SSSR count). The van der Waals surface area contributed by atoms with Gasteiger partial charge in [0, 0.05) is 0 Å². The molecule has 0 radical (unpaired) electrons. The molecule has 2 aliphatic rings. The van der Waals surface area contributed by atoms with Crippen LogP contribution in [0, 0.1) is 0 Å². The van der Waals surface area contributed by atoms with Crippen LogP contribution in [0.5, 0.6) is 0 Å². The van der Waals surface area contributed by atoms with Gasteiger partial charge in [0.2, 0.25) is 0 Å². The van der Waals surface area contributed by atoms with Crippen LogP contribution in [0.3, 0.4) is 0 Å². The van der Waals surface area contributed by atoms with Crippen LogP contribution in [-0.2, 0) is 0 Å². The van der Waals surface area contributed by atoms with E-state index in [1.165, 1.54) is 37.7 Å². The Hall–Kier alpha value is -0.520. The molecule has 0 nitrogen and oxygen atoms in total. The molecule has 2 aliphatic carbocycles. The fraction of sp³-hybridized carbons (Fsp3) is 0.556. The summed E-state index contributed by atoms with van der Waals surface area (Å²) < 4.78 is 0. The lowest BCUT2D eigenvalue weighted by atomic mass is 9.76. The van der Waals surface area contributed by atoms with Crippen LogP contribution in [0.1, 0.15) is 32.1 Å². The summed E-state index contributed by atoms with van der Waals surface area (Å²) in [5, 5.41) is 0. The lowest BCUT2D eigenvalue weighted by molar-refractivity contribution is 0.626. The van der Waals surface area contributed by atoms with Gasteiger partial charge in [-0.3, -0.25) is 0 Å². The number of rotatable bonds is 0. The zero-order chi connectivity index (χ0) is 6.27. The molecule has 48 valence electrons. The lowest BCUT2D eigenvalue weighted by Gasteiger charge is -2.29. The highest BCUT2D eigenvalue weighted by Crippen LogP contribution is 2.40. The van der Waals surface area contributed by atoms with E-state index in [0.717, 1.165) is 0 Å². The van der Waals surface area contributed by atoms with E-state index in [1.807, 2.05) is 0 Å². The van der Waals surface area contributed by atoms with Crippen molar-refractivity contribution >= 4 is 0 Å². The lowest BCUT2D eigenvalue weighted by Crippen LogP contribution is -2.10. The first-order valence-electron chi connectivity index (χ1n) is 3.77. The van der Waals surface area contributed by atoms with Crippen molar-refractivity contribution in [3.8, 4) is 0 Å². The van der Waals surface area contributed by atoms with Crippen molar-refractivity contribution in [1.82, 2.24) is 0 Å². The molecule has 0 heterocycles. The van der Waals surface area contributed by atoms with E-state index < -0.39 is 0 Å². The number of hydrogen-bond acceptors (Lipinski definition) is 0. The third-order valence-corrected chi connectivity index (χ3v) is 2.49. The minimum atomic E-state index is 1.26. The van der Waals surface area contributed by atoms with E-state index in [9.17, 15) is 0 Å². The molecule has 0 aliphatic heterocycles. The summed E-state index contributed by atoms with van der Waals surface area (Å²) in [4.78, 5) is 0. The van der Waals surface area contributed by atoms with Crippen molar-refractivity contribution in [3.63, 3.8) is 0 Å². The fourth-order valence-electron chi connectivity index (χ4n) is 1.51. The smallest absolute Gasteiger partial charge is 0.0236 e. The molecule has 0 aromatic heterocycles. The molecule has 2 fully saturated rings. The van der Waals surface area contributed by atoms with Crippen LogP contribution in [0.4, 0.5) is 0 Å². The van der Waals surface area contributed by atoms with Crippen molar-refractivity contribution < 1.29 is 0 Å². The molecule has 0 atom stereocenters. The summed E-state index contributed by atoms with van der Waals surface area (Å²) in [6.07, 6.45) is 6.75. The van der Waals surface area contributed by atoms with Crippen molar-refractivity contribution in [1.29, 1.82) is 0 Å². The maximum atomic E-state index is 3.99. The summed E-state index contributed by atoms with van der Waals surface area (Å²) in [6.45, 7) is 3.99. The van der Waals surface area contributed by atoms with Crippen LogP contribution in [0.2, 0.25) is 0 Å². The first-order valence-corrected chi connectivity index (χ1v) is 3.77. The fourth-order valence-corrected chi connectivity index (χ4v) is 1.51. The topological polar surface area (TPSA) is 0 Å². The molecule has 0 bridgehead atoms. The molecular weight excluding hydrogens is 108 g/mol. The van der Waals surface area contributed by atoms with Crippen molar-refractivity contribution in [3.05, 3.63) is 23.3 Å². The van der Waals surface area contributed by atoms with Gasteiger partial charge in [-0.1, -0.05) is 17.7 Å². The first-order chi connectivity index (χ1) is 4.38. The molecule has 0 amide bonds. The normalized spacial score (nSPS) is 25.6. The highest BCUT2D eigenvalue weighted by atomic mass is 14.3. The second-order valence-corrected chi connectivity index (χ2v) is 3.04. The molecule has 9 heavy (non-hydrogen) atoms. The first kappa shape index (κ1) is 5.28. The SMILES string of the molecule is C=C1CCC1=C1CCC1. The van der Waals surface area contributed by atoms with Gasteiger partial charge in [-0.05, 0) is 37.7 Å². The van der Waals surface area contributed by atoms with Gasteiger partial charge in [0.15, 0.2) is 0 Å². The van der Waals surface area contributed by atoms with E-state index in [1.54, 1.807) is 11.1 Å². The van der Waals surface area contributed by atoms with Gasteiger partial charge in [-0.2, -0.15) is 0 Å². The van der Waals surface area contributed by atoms with Gasteiger partial charge in [0.05, 0.1) is 0 Å². The standard InChI is InChI=1S/C9H12/c1-7-5-6-9(7)8-3-2-4-8/h1-6H2. The third kappa shape index (κ3) is 0.658. The highest BCUT2D eigenvalue weighted by Gasteiger charge is 2.21. The molecule has 0 unspecified atom stereocenters.